The first-order valence-corrected chi connectivity index (χ1v) is 11.0. The van der Waals surface area contributed by atoms with E-state index in [9.17, 15) is 5.11 Å². The van der Waals surface area contributed by atoms with Gasteiger partial charge in [0.05, 0.1) is 25.1 Å². The van der Waals surface area contributed by atoms with Crippen LogP contribution < -0.4 is 15.4 Å². The van der Waals surface area contributed by atoms with Crippen LogP contribution in [-0.4, -0.2) is 39.8 Å². The number of benzene rings is 2. The fraction of sp³-hybridized carbons (Fsp3) is 0.360. The van der Waals surface area contributed by atoms with Crippen molar-refractivity contribution in [2.45, 2.75) is 46.1 Å². The molecule has 3 N–H and O–H groups in total. The molecule has 0 bridgehead atoms. The maximum atomic E-state index is 10.6. The van der Waals surface area contributed by atoms with Crippen molar-refractivity contribution in [3.63, 3.8) is 0 Å². The van der Waals surface area contributed by atoms with E-state index in [2.05, 4.69) is 44.9 Å². The zero-order chi connectivity index (χ0) is 22.8. The summed E-state index contributed by atoms with van der Waals surface area (Å²) in [6.07, 6.45) is 4.97. The molecule has 0 saturated heterocycles. The molecule has 0 spiro atoms. The van der Waals surface area contributed by atoms with Gasteiger partial charge in [-0.2, -0.15) is 0 Å². The second kappa shape index (κ2) is 11.9. The van der Waals surface area contributed by atoms with Gasteiger partial charge < -0.3 is 25.0 Å². The molecule has 1 aromatic heterocycles. The van der Waals surface area contributed by atoms with E-state index in [4.69, 9.17) is 4.74 Å². The Morgan fingerprint density at radius 2 is 1.91 bits per heavy atom. The van der Waals surface area contributed by atoms with E-state index in [1.165, 1.54) is 5.56 Å². The fourth-order valence-electron chi connectivity index (χ4n) is 3.23. The van der Waals surface area contributed by atoms with Crippen LogP contribution >= 0.6 is 0 Å². The summed E-state index contributed by atoms with van der Waals surface area (Å²) in [6, 6.07) is 16.0. The minimum atomic E-state index is -0.669. The molecule has 7 heteroatoms. The summed E-state index contributed by atoms with van der Waals surface area (Å²) in [5.41, 5.74) is 3.14. The third kappa shape index (κ3) is 7.42. The van der Waals surface area contributed by atoms with Crippen molar-refractivity contribution in [2.75, 3.05) is 13.1 Å². The molecule has 0 saturated carbocycles. The predicted octanol–water partition coefficient (Wildman–Crippen LogP) is 3.51. The highest BCUT2D eigenvalue weighted by atomic mass is 16.5. The van der Waals surface area contributed by atoms with Crippen LogP contribution in [0.3, 0.4) is 0 Å². The first-order valence-electron chi connectivity index (χ1n) is 11.0. The Morgan fingerprint density at radius 3 is 2.59 bits per heavy atom. The summed E-state index contributed by atoms with van der Waals surface area (Å²) >= 11 is 0. The minimum absolute atomic E-state index is 0.0907. The number of hydrogen-bond donors (Lipinski definition) is 3. The molecule has 3 rings (SSSR count). The SMILES string of the molecule is CCNC(=NCc1ccc(Cn2ccnc2)cc1)NCC(O)c1cccc(OC(C)C)c1. The normalized spacial score (nSPS) is 12.6. The van der Waals surface area contributed by atoms with Gasteiger partial charge in [-0.05, 0) is 49.6 Å². The third-order valence-corrected chi connectivity index (χ3v) is 4.79. The predicted molar refractivity (Wildman–Crippen MR) is 128 cm³/mol. The second-order valence-corrected chi connectivity index (χ2v) is 7.88. The molecule has 0 radical (unpaired) electrons. The number of guanidine groups is 1. The van der Waals surface area contributed by atoms with Gasteiger partial charge in [-0.15, -0.1) is 0 Å². The molecule has 170 valence electrons. The maximum absolute atomic E-state index is 10.6. The molecule has 7 nitrogen and oxygen atoms in total. The zero-order valence-electron chi connectivity index (χ0n) is 19.0. The summed E-state index contributed by atoms with van der Waals surface area (Å²) in [4.78, 5) is 8.73. The Balaban J connectivity index is 1.55. The first kappa shape index (κ1) is 23.3. The van der Waals surface area contributed by atoms with Crippen molar-refractivity contribution >= 4 is 5.96 Å². The number of imidazole rings is 1. The van der Waals surface area contributed by atoms with Crippen LogP contribution in [0.1, 0.15) is 43.6 Å². The lowest BCUT2D eigenvalue weighted by Crippen LogP contribution is -2.39. The highest BCUT2D eigenvalue weighted by Gasteiger charge is 2.10. The molecule has 0 fully saturated rings. The number of aliphatic hydroxyl groups is 1. The minimum Gasteiger partial charge on any atom is -0.491 e. The molecular weight excluding hydrogens is 402 g/mol. The molecule has 1 unspecified atom stereocenters. The van der Waals surface area contributed by atoms with E-state index in [-0.39, 0.29) is 6.10 Å². The highest BCUT2D eigenvalue weighted by Crippen LogP contribution is 2.20. The lowest BCUT2D eigenvalue weighted by molar-refractivity contribution is 0.179. The van der Waals surface area contributed by atoms with Crippen molar-refractivity contribution in [3.8, 4) is 5.75 Å². The standard InChI is InChI=1S/C25H33N5O2/c1-4-27-25(29-16-24(31)22-6-5-7-23(14-22)32-19(2)3)28-15-20-8-10-21(11-9-20)17-30-13-12-26-18-30/h5-14,18-19,24,31H,4,15-17H2,1-3H3,(H2,27,28,29). The fourth-order valence-corrected chi connectivity index (χ4v) is 3.23. The van der Waals surface area contributed by atoms with E-state index in [0.29, 0.717) is 19.0 Å². The number of aromatic nitrogens is 2. The number of aliphatic hydroxyl groups excluding tert-OH is 1. The van der Waals surface area contributed by atoms with Crippen LogP contribution in [-0.2, 0) is 13.1 Å². The number of rotatable bonds is 10. The quantitative estimate of drug-likeness (QED) is 0.335. The van der Waals surface area contributed by atoms with Gasteiger partial charge in [-0.25, -0.2) is 9.98 Å². The van der Waals surface area contributed by atoms with Crippen LogP contribution in [0.2, 0.25) is 0 Å². The van der Waals surface area contributed by atoms with Crippen LogP contribution in [0, 0.1) is 0 Å². The molecule has 0 amide bonds. The second-order valence-electron chi connectivity index (χ2n) is 7.88. The largest absolute Gasteiger partial charge is 0.491 e. The maximum Gasteiger partial charge on any atom is 0.191 e. The van der Waals surface area contributed by atoms with E-state index in [1.54, 1.807) is 6.20 Å². The van der Waals surface area contributed by atoms with Gasteiger partial charge >= 0.3 is 0 Å². The number of nitrogens with zero attached hydrogens (tertiary/aromatic N) is 3. The van der Waals surface area contributed by atoms with Gasteiger partial charge in [0, 0.05) is 32.0 Å². The summed E-state index contributed by atoms with van der Waals surface area (Å²) in [6.45, 7) is 8.42. The van der Waals surface area contributed by atoms with Crippen LogP contribution in [0.25, 0.3) is 0 Å². The summed E-state index contributed by atoms with van der Waals surface area (Å²) in [7, 11) is 0. The Kier molecular flexibility index (Phi) is 8.69. The third-order valence-electron chi connectivity index (χ3n) is 4.79. The molecule has 32 heavy (non-hydrogen) atoms. The Labute approximate surface area is 190 Å². The van der Waals surface area contributed by atoms with Crippen molar-refractivity contribution < 1.29 is 9.84 Å². The molecule has 1 atom stereocenters. The Morgan fingerprint density at radius 1 is 1.12 bits per heavy atom. The van der Waals surface area contributed by atoms with Crippen molar-refractivity contribution in [2.24, 2.45) is 4.99 Å². The number of hydrogen-bond acceptors (Lipinski definition) is 4. The van der Waals surface area contributed by atoms with E-state index < -0.39 is 6.10 Å². The van der Waals surface area contributed by atoms with Gasteiger partial charge in [0.1, 0.15) is 5.75 Å². The van der Waals surface area contributed by atoms with Gasteiger partial charge in [0.2, 0.25) is 0 Å². The smallest absolute Gasteiger partial charge is 0.191 e. The number of ether oxygens (including phenoxy) is 1. The molecule has 1 heterocycles. The van der Waals surface area contributed by atoms with E-state index in [1.807, 2.05) is 62.1 Å². The lowest BCUT2D eigenvalue weighted by atomic mass is 10.1. The van der Waals surface area contributed by atoms with Gasteiger partial charge in [-0.3, -0.25) is 0 Å². The first-order chi connectivity index (χ1) is 15.5. The van der Waals surface area contributed by atoms with Crippen molar-refractivity contribution in [1.82, 2.24) is 20.2 Å². The molecule has 0 aliphatic heterocycles. The molecule has 3 aromatic rings. The summed E-state index contributed by atoms with van der Waals surface area (Å²) in [5, 5.41) is 17.1. The van der Waals surface area contributed by atoms with E-state index >= 15 is 0 Å². The molecular formula is C25H33N5O2. The van der Waals surface area contributed by atoms with Gasteiger partial charge in [-0.1, -0.05) is 36.4 Å². The average molecular weight is 436 g/mol. The van der Waals surface area contributed by atoms with Gasteiger partial charge in [0.25, 0.3) is 0 Å². The Hall–Kier alpha value is -3.32. The van der Waals surface area contributed by atoms with Crippen LogP contribution in [0.15, 0.2) is 72.2 Å². The summed E-state index contributed by atoms with van der Waals surface area (Å²) in [5.74, 6) is 1.43. The lowest BCUT2D eigenvalue weighted by Gasteiger charge is -2.17. The van der Waals surface area contributed by atoms with Crippen molar-refractivity contribution in [3.05, 3.63) is 83.9 Å². The highest BCUT2D eigenvalue weighted by molar-refractivity contribution is 5.79. The zero-order valence-corrected chi connectivity index (χ0v) is 19.0. The molecule has 2 aromatic carbocycles. The topological polar surface area (TPSA) is 83.7 Å². The van der Waals surface area contributed by atoms with Gasteiger partial charge in [0.15, 0.2) is 5.96 Å². The monoisotopic (exact) mass is 435 g/mol. The summed E-state index contributed by atoms with van der Waals surface area (Å²) < 4.78 is 7.76. The Bertz CT molecular complexity index is 968. The molecule has 0 aliphatic rings. The number of nitrogens with one attached hydrogen (secondary N) is 2. The average Bonchev–Trinajstić information content (AvgIpc) is 3.29. The van der Waals surface area contributed by atoms with Crippen LogP contribution in [0.4, 0.5) is 0 Å². The molecule has 0 aliphatic carbocycles. The van der Waals surface area contributed by atoms with Crippen LogP contribution in [0.5, 0.6) is 5.75 Å². The van der Waals surface area contributed by atoms with Crippen molar-refractivity contribution in [1.29, 1.82) is 0 Å². The van der Waals surface area contributed by atoms with E-state index in [0.717, 1.165) is 30.0 Å². The number of aliphatic imine (C=N–C) groups is 1.